The Labute approximate surface area is 165 Å². The molecule has 0 atom stereocenters. The van der Waals surface area contributed by atoms with E-state index >= 15 is 0 Å². The maximum absolute atomic E-state index is 12.4. The highest BCUT2D eigenvalue weighted by Gasteiger charge is 2.15. The number of carbonyl (C=O) groups is 1. The molecule has 0 fully saturated rings. The van der Waals surface area contributed by atoms with E-state index in [2.05, 4.69) is 15.5 Å². The third-order valence-corrected chi connectivity index (χ3v) is 4.20. The molecule has 2 N–H and O–H groups in total. The van der Waals surface area contributed by atoms with Crippen LogP contribution in [0.4, 0.5) is 0 Å². The fourth-order valence-corrected chi connectivity index (χ4v) is 2.81. The number of hydrogen-bond donors (Lipinski definition) is 2. The summed E-state index contributed by atoms with van der Waals surface area (Å²) in [6, 6.07) is 18.6. The fraction of sp³-hybridized carbons (Fsp3) is 0. The molecule has 0 saturated heterocycles. The van der Waals surface area contributed by atoms with Crippen molar-refractivity contribution in [2.75, 3.05) is 0 Å². The maximum Gasteiger partial charge on any atom is 0.289 e. The molecule has 2 aromatic carbocycles. The van der Waals surface area contributed by atoms with Crippen molar-refractivity contribution in [2.45, 2.75) is 0 Å². The summed E-state index contributed by atoms with van der Waals surface area (Å²) in [6.45, 7) is 0. The monoisotopic (exact) mass is 385 g/mol. The number of hydrogen-bond acceptors (Lipinski definition) is 6. The standard InChI is InChI=1S/C22H15N3O4/c26-19-16-8-1-2-10-18(16)29-21(20(19)27)15-7-5-6-14(12-15)13-24-25-22(28)17-9-3-4-11-23-17/h1-13,27H,(H,25,28)/b24-13+. The second-order valence-electron chi connectivity index (χ2n) is 6.14. The van der Waals surface area contributed by atoms with Crippen LogP contribution in [0.5, 0.6) is 5.75 Å². The maximum atomic E-state index is 12.4. The van der Waals surface area contributed by atoms with Gasteiger partial charge < -0.3 is 9.52 Å². The van der Waals surface area contributed by atoms with Gasteiger partial charge in [-0.3, -0.25) is 14.6 Å². The Morgan fingerprint density at radius 1 is 1.07 bits per heavy atom. The number of benzene rings is 2. The van der Waals surface area contributed by atoms with E-state index in [-0.39, 0.29) is 11.5 Å². The minimum absolute atomic E-state index is 0.0708. The van der Waals surface area contributed by atoms with Gasteiger partial charge in [0, 0.05) is 11.8 Å². The molecule has 0 spiro atoms. The quantitative estimate of drug-likeness (QED) is 0.414. The van der Waals surface area contributed by atoms with E-state index < -0.39 is 17.1 Å². The second kappa shape index (κ2) is 7.77. The molecule has 0 aliphatic rings. The van der Waals surface area contributed by atoms with Crippen LogP contribution in [0, 0.1) is 0 Å². The van der Waals surface area contributed by atoms with Crippen molar-refractivity contribution in [1.82, 2.24) is 10.4 Å². The molecule has 1 amide bonds. The largest absolute Gasteiger partial charge is 0.502 e. The smallest absolute Gasteiger partial charge is 0.289 e. The van der Waals surface area contributed by atoms with Gasteiger partial charge in [0.2, 0.25) is 11.2 Å². The molecule has 0 unspecified atom stereocenters. The highest BCUT2D eigenvalue weighted by Crippen LogP contribution is 2.30. The van der Waals surface area contributed by atoms with E-state index in [0.29, 0.717) is 22.1 Å². The van der Waals surface area contributed by atoms with E-state index in [1.807, 2.05) is 0 Å². The molecule has 142 valence electrons. The molecular formula is C22H15N3O4. The first-order valence-electron chi connectivity index (χ1n) is 8.73. The summed E-state index contributed by atoms with van der Waals surface area (Å²) in [6.07, 6.45) is 2.96. The summed E-state index contributed by atoms with van der Waals surface area (Å²) < 4.78 is 5.74. The highest BCUT2D eigenvalue weighted by atomic mass is 16.4. The number of hydrazone groups is 1. The minimum Gasteiger partial charge on any atom is -0.502 e. The Morgan fingerprint density at radius 3 is 2.72 bits per heavy atom. The molecule has 4 rings (SSSR count). The number of nitrogens with zero attached hydrogens (tertiary/aromatic N) is 2. The van der Waals surface area contributed by atoms with E-state index in [4.69, 9.17) is 4.42 Å². The van der Waals surface area contributed by atoms with Crippen LogP contribution < -0.4 is 10.9 Å². The highest BCUT2D eigenvalue weighted by molar-refractivity contribution is 5.93. The Kier molecular flexibility index (Phi) is 4.86. The van der Waals surface area contributed by atoms with Gasteiger partial charge in [-0.05, 0) is 35.9 Å². The first kappa shape index (κ1) is 18.1. The van der Waals surface area contributed by atoms with Gasteiger partial charge in [0.1, 0.15) is 11.3 Å². The van der Waals surface area contributed by atoms with E-state index in [1.165, 1.54) is 12.4 Å². The van der Waals surface area contributed by atoms with Crippen molar-refractivity contribution in [3.63, 3.8) is 0 Å². The van der Waals surface area contributed by atoms with Gasteiger partial charge in [0.25, 0.3) is 5.91 Å². The SMILES string of the molecule is O=C(N/N=C/c1cccc(-c2oc3ccccc3c(=O)c2O)c1)c1ccccn1. The van der Waals surface area contributed by atoms with Crippen LogP contribution in [0.1, 0.15) is 16.1 Å². The van der Waals surface area contributed by atoms with Crippen molar-refractivity contribution < 1.29 is 14.3 Å². The van der Waals surface area contributed by atoms with Gasteiger partial charge in [0.15, 0.2) is 5.76 Å². The number of rotatable bonds is 4. The molecule has 0 aliphatic heterocycles. The van der Waals surface area contributed by atoms with Crippen LogP contribution in [0.2, 0.25) is 0 Å². The van der Waals surface area contributed by atoms with Crippen LogP contribution in [-0.2, 0) is 0 Å². The van der Waals surface area contributed by atoms with E-state index in [9.17, 15) is 14.7 Å². The topological polar surface area (TPSA) is 105 Å². The van der Waals surface area contributed by atoms with Crippen molar-refractivity contribution in [2.24, 2.45) is 5.10 Å². The lowest BCUT2D eigenvalue weighted by Gasteiger charge is -2.06. The zero-order valence-corrected chi connectivity index (χ0v) is 15.1. The average molecular weight is 385 g/mol. The molecule has 2 heterocycles. The van der Waals surface area contributed by atoms with Crippen LogP contribution >= 0.6 is 0 Å². The lowest BCUT2D eigenvalue weighted by molar-refractivity contribution is 0.0950. The van der Waals surface area contributed by atoms with Crippen molar-refractivity contribution in [3.05, 3.63) is 94.4 Å². The van der Waals surface area contributed by atoms with Crippen molar-refractivity contribution >= 4 is 23.1 Å². The molecule has 0 aliphatic carbocycles. The number of fused-ring (bicyclic) bond motifs is 1. The molecular weight excluding hydrogens is 370 g/mol. The lowest BCUT2D eigenvalue weighted by Crippen LogP contribution is -2.18. The summed E-state index contributed by atoms with van der Waals surface area (Å²) in [7, 11) is 0. The average Bonchev–Trinajstić information content (AvgIpc) is 2.77. The summed E-state index contributed by atoms with van der Waals surface area (Å²) in [5.41, 5.74) is 3.68. The summed E-state index contributed by atoms with van der Waals surface area (Å²) >= 11 is 0. The van der Waals surface area contributed by atoms with Gasteiger partial charge in [-0.25, -0.2) is 5.43 Å². The predicted molar refractivity (Wildman–Crippen MR) is 109 cm³/mol. The Morgan fingerprint density at radius 2 is 1.90 bits per heavy atom. The number of aromatic hydroxyl groups is 1. The van der Waals surface area contributed by atoms with Gasteiger partial charge in [-0.2, -0.15) is 5.10 Å². The van der Waals surface area contributed by atoms with Crippen molar-refractivity contribution in [3.8, 4) is 17.1 Å². The van der Waals surface area contributed by atoms with Crippen molar-refractivity contribution in [1.29, 1.82) is 0 Å². The van der Waals surface area contributed by atoms with Crippen LogP contribution in [-0.4, -0.2) is 22.2 Å². The molecule has 0 radical (unpaired) electrons. The summed E-state index contributed by atoms with van der Waals surface area (Å²) in [5, 5.41) is 14.5. The fourth-order valence-electron chi connectivity index (χ4n) is 2.81. The first-order chi connectivity index (χ1) is 14.1. The Hall–Kier alpha value is -4.26. The van der Waals surface area contributed by atoms with Gasteiger partial charge in [-0.15, -0.1) is 0 Å². The minimum atomic E-state index is -0.497. The number of para-hydroxylation sites is 1. The van der Waals surface area contributed by atoms with Gasteiger partial charge in [-0.1, -0.05) is 36.4 Å². The number of aromatic nitrogens is 1. The molecule has 0 bridgehead atoms. The first-order valence-corrected chi connectivity index (χ1v) is 8.73. The molecule has 4 aromatic rings. The Balaban J connectivity index is 1.61. The van der Waals surface area contributed by atoms with Crippen LogP contribution in [0.15, 0.2) is 87.2 Å². The number of nitrogens with one attached hydrogen (secondary N) is 1. The third kappa shape index (κ3) is 3.74. The molecule has 0 saturated carbocycles. The number of carbonyl (C=O) groups excluding carboxylic acids is 1. The lowest BCUT2D eigenvalue weighted by atomic mass is 10.1. The second-order valence-corrected chi connectivity index (χ2v) is 6.14. The summed E-state index contributed by atoms with van der Waals surface area (Å²) in [5.74, 6) is -0.820. The number of amides is 1. The third-order valence-electron chi connectivity index (χ3n) is 4.20. The van der Waals surface area contributed by atoms with Gasteiger partial charge >= 0.3 is 0 Å². The zero-order valence-electron chi connectivity index (χ0n) is 15.1. The predicted octanol–water partition coefficient (Wildman–Crippen LogP) is 3.32. The van der Waals surface area contributed by atoms with E-state index in [0.717, 1.165) is 0 Å². The molecule has 7 heteroatoms. The van der Waals surface area contributed by atoms with E-state index in [1.54, 1.807) is 66.7 Å². The molecule has 29 heavy (non-hydrogen) atoms. The normalized spacial score (nSPS) is 11.0. The Bertz CT molecular complexity index is 1280. The van der Waals surface area contributed by atoms with Gasteiger partial charge in [0.05, 0.1) is 11.6 Å². The zero-order chi connectivity index (χ0) is 20.2. The number of pyridine rings is 1. The molecule has 7 nitrogen and oxygen atoms in total. The molecule has 2 aromatic heterocycles. The van der Waals surface area contributed by atoms with Crippen LogP contribution in [0.25, 0.3) is 22.3 Å². The van der Waals surface area contributed by atoms with Crippen LogP contribution in [0.3, 0.4) is 0 Å². The summed E-state index contributed by atoms with van der Waals surface area (Å²) in [4.78, 5) is 28.3.